The molecule has 3 saturated heterocycles. The summed E-state index contributed by atoms with van der Waals surface area (Å²) in [7, 11) is 0. The van der Waals surface area contributed by atoms with Gasteiger partial charge in [0.25, 0.3) is 0 Å². The highest BCUT2D eigenvalue weighted by Crippen LogP contribution is 2.31. The molecule has 33 heavy (non-hydrogen) atoms. The number of nitrogens with one attached hydrogen (secondary N) is 2. The number of likely N-dealkylation sites (tertiary alicyclic amines) is 2. The van der Waals surface area contributed by atoms with Crippen LogP contribution < -0.4 is 10.6 Å². The van der Waals surface area contributed by atoms with E-state index < -0.39 is 18.7 Å². The van der Waals surface area contributed by atoms with Gasteiger partial charge in [0.1, 0.15) is 6.73 Å². The van der Waals surface area contributed by atoms with Crippen molar-refractivity contribution < 1.29 is 19.5 Å². The molecule has 1 aromatic rings. The maximum atomic E-state index is 13.4. The summed E-state index contributed by atoms with van der Waals surface area (Å²) in [6, 6.07) is 9.58. The molecule has 0 aliphatic carbocycles. The van der Waals surface area contributed by atoms with Crippen molar-refractivity contribution in [3.8, 4) is 0 Å². The third kappa shape index (κ3) is 5.73. The van der Waals surface area contributed by atoms with Crippen molar-refractivity contribution >= 4 is 17.7 Å². The maximum Gasteiger partial charge on any atom is 0.240 e. The first kappa shape index (κ1) is 23.7. The number of hydrogen-bond donors (Lipinski definition) is 3. The molecular weight excluding hydrogens is 420 g/mol. The third-order valence-corrected chi connectivity index (χ3v) is 7.42. The molecule has 0 radical (unpaired) electrons. The molecule has 1 aromatic carbocycles. The Morgan fingerprint density at radius 1 is 1.03 bits per heavy atom. The minimum Gasteiger partial charge on any atom is -0.377 e. The number of hydrogen-bond acceptors (Lipinski definition) is 5. The molecule has 3 heterocycles. The van der Waals surface area contributed by atoms with E-state index in [0.29, 0.717) is 38.4 Å². The quantitative estimate of drug-likeness (QED) is 0.556. The Balaban J connectivity index is 1.39. The second kappa shape index (κ2) is 11.1. The van der Waals surface area contributed by atoms with Crippen LogP contribution in [0.3, 0.4) is 0 Å². The van der Waals surface area contributed by atoms with Crippen LogP contribution in [0, 0.1) is 11.8 Å². The normalized spacial score (nSPS) is 27.9. The number of rotatable bonds is 6. The molecule has 180 valence electrons. The third-order valence-electron chi connectivity index (χ3n) is 7.42. The van der Waals surface area contributed by atoms with E-state index in [0.717, 1.165) is 32.4 Å². The fourth-order valence-electron chi connectivity index (χ4n) is 5.57. The van der Waals surface area contributed by atoms with Gasteiger partial charge in [0, 0.05) is 38.5 Å². The minimum absolute atomic E-state index is 0.00596. The fraction of sp³-hybridized carbons (Fsp3) is 0.640. The summed E-state index contributed by atoms with van der Waals surface area (Å²) in [5.74, 6) is -0.567. The number of aliphatic hydroxyl groups is 1. The summed E-state index contributed by atoms with van der Waals surface area (Å²) in [5, 5.41) is 15.0. The van der Waals surface area contributed by atoms with Gasteiger partial charge in [-0.1, -0.05) is 30.3 Å². The predicted molar refractivity (Wildman–Crippen MR) is 124 cm³/mol. The van der Waals surface area contributed by atoms with E-state index in [-0.39, 0.29) is 23.6 Å². The second-order valence-corrected chi connectivity index (χ2v) is 9.62. The molecule has 1 unspecified atom stereocenters. The van der Waals surface area contributed by atoms with Crippen molar-refractivity contribution in [1.82, 2.24) is 20.4 Å². The van der Waals surface area contributed by atoms with E-state index in [9.17, 15) is 19.5 Å². The molecule has 3 aliphatic heterocycles. The first-order chi connectivity index (χ1) is 16.1. The predicted octanol–water partition coefficient (Wildman–Crippen LogP) is 1.07. The maximum absolute atomic E-state index is 13.4. The highest BCUT2D eigenvalue weighted by atomic mass is 16.3. The topological polar surface area (TPSA) is 102 Å². The van der Waals surface area contributed by atoms with Gasteiger partial charge in [-0.05, 0) is 50.1 Å². The molecule has 3 aliphatic rings. The lowest BCUT2D eigenvalue weighted by Gasteiger charge is -2.38. The van der Waals surface area contributed by atoms with Crippen molar-refractivity contribution in [3.05, 3.63) is 35.9 Å². The fourth-order valence-corrected chi connectivity index (χ4v) is 5.57. The zero-order chi connectivity index (χ0) is 23.2. The molecule has 3 N–H and O–H groups in total. The Morgan fingerprint density at radius 2 is 1.79 bits per heavy atom. The number of piperidine rings is 2. The molecule has 0 saturated carbocycles. The Bertz CT molecular complexity index is 827. The van der Waals surface area contributed by atoms with Gasteiger partial charge in [-0.25, -0.2) is 0 Å². The molecule has 4 atom stereocenters. The van der Waals surface area contributed by atoms with E-state index in [1.165, 1.54) is 12.0 Å². The lowest BCUT2D eigenvalue weighted by Crippen LogP contribution is -2.58. The SMILES string of the molecule is O=C(NCO)[C@H]1CC(CC(=O)N2CCCCC2)CN[C@@H]1C(=O)N1CC[C@H](c2ccccc2)C1. The van der Waals surface area contributed by atoms with Crippen LogP contribution in [-0.4, -0.2) is 78.1 Å². The van der Waals surface area contributed by atoms with Gasteiger partial charge in [0.15, 0.2) is 0 Å². The molecule has 4 rings (SSSR count). The monoisotopic (exact) mass is 456 g/mol. The Morgan fingerprint density at radius 3 is 2.52 bits per heavy atom. The lowest BCUT2D eigenvalue weighted by atomic mass is 9.81. The van der Waals surface area contributed by atoms with Gasteiger partial charge in [-0.2, -0.15) is 0 Å². The van der Waals surface area contributed by atoms with Crippen LogP contribution in [0.2, 0.25) is 0 Å². The standard InChI is InChI=1S/C25H36N4O4/c30-17-27-24(32)21-13-18(14-22(31)28-10-5-2-6-11-28)15-26-23(21)25(33)29-12-9-20(16-29)19-7-3-1-4-8-19/h1,3-4,7-8,18,20-21,23,26,30H,2,5-6,9-17H2,(H,27,32)/t18?,20-,21-,23-/m0/s1. The van der Waals surface area contributed by atoms with Crippen LogP contribution in [0.15, 0.2) is 30.3 Å². The number of aliphatic hydroxyl groups excluding tert-OH is 1. The number of amides is 3. The average Bonchev–Trinajstić information content (AvgIpc) is 3.35. The van der Waals surface area contributed by atoms with Crippen LogP contribution in [0.1, 0.15) is 50.0 Å². The summed E-state index contributed by atoms with van der Waals surface area (Å²) in [6.07, 6.45) is 5.02. The van der Waals surface area contributed by atoms with Crippen LogP contribution in [0.5, 0.6) is 0 Å². The van der Waals surface area contributed by atoms with Crippen molar-refractivity contribution in [2.24, 2.45) is 11.8 Å². The molecule has 3 amide bonds. The summed E-state index contributed by atoms with van der Waals surface area (Å²) >= 11 is 0. The van der Waals surface area contributed by atoms with E-state index in [4.69, 9.17) is 0 Å². The molecule has 8 nitrogen and oxygen atoms in total. The average molecular weight is 457 g/mol. The number of nitrogens with zero attached hydrogens (tertiary/aromatic N) is 2. The smallest absolute Gasteiger partial charge is 0.240 e. The molecule has 0 spiro atoms. The van der Waals surface area contributed by atoms with Crippen molar-refractivity contribution in [3.63, 3.8) is 0 Å². The van der Waals surface area contributed by atoms with Gasteiger partial charge in [0.05, 0.1) is 12.0 Å². The number of carbonyl (C=O) groups excluding carboxylic acids is 3. The highest BCUT2D eigenvalue weighted by molar-refractivity contribution is 5.90. The van der Waals surface area contributed by atoms with E-state index in [1.807, 2.05) is 28.0 Å². The van der Waals surface area contributed by atoms with Crippen molar-refractivity contribution in [2.75, 3.05) is 39.5 Å². The first-order valence-corrected chi connectivity index (χ1v) is 12.3. The second-order valence-electron chi connectivity index (χ2n) is 9.62. The van der Waals surface area contributed by atoms with Crippen molar-refractivity contribution in [1.29, 1.82) is 0 Å². The summed E-state index contributed by atoms with van der Waals surface area (Å²) in [6.45, 7) is 3.01. The summed E-state index contributed by atoms with van der Waals surface area (Å²) < 4.78 is 0. The summed E-state index contributed by atoms with van der Waals surface area (Å²) in [5.41, 5.74) is 1.23. The van der Waals surface area contributed by atoms with Gasteiger partial charge < -0.3 is 25.5 Å². The molecule has 3 fully saturated rings. The van der Waals surface area contributed by atoms with Gasteiger partial charge in [-0.15, -0.1) is 0 Å². The minimum atomic E-state index is -0.632. The lowest BCUT2D eigenvalue weighted by molar-refractivity contribution is -0.141. The zero-order valence-corrected chi connectivity index (χ0v) is 19.2. The first-order valence-electron chi connectivity index (χ1n) is 12.3. The number of benzene rings is 1. The Kier molecular flexibility index (Phi) is 7.98. The largest absolute Gasteiger partial charge is 0.377 e. The summed E-state index contributed by atoms with van der Waals surface area (Å²) in [4.78, 5) is 42.7. The van der Waals surface area contributed by atoms with Crippen LogP contribution in [0.4, 0.5) is 0 Å². The molecule has 8 heteroatoms. The number of carbonyl (C=O) groups is 3. The molecular formula is C25H36N4O4. The van der Waals surface area contributed by atoms with E-state index in [1.54, 1.807) is 0 Å². The molecule has 0 aromatic heterocycles. The molecule has 0 bridgehead atoms. The van der Waals surface area contributed by atoms with Gasteiger partial charge in [-0.3, -0.25) is 14.4 Å². The van der Waals surface area contributed by atoms with Crippen LogP contribution >= 0.6 is 0 Å². The van der Waals surface area contributed by atoms with E-state index in [2.05, 4.69) is 22.8 Å². The van der Waals surface area contributed by atoms with Crippen LogP contribution in [0.25, 0.3) is 0 Å². The Labute approximate surface area is 195 Å². The van der Waals surface area contributed by atoms with Crippen molar-refractivity contribution in [2.45, 2.75) is 50.5 Å². The van der Waals surface area contributed by atoms with Gasteiger partial charge in [0.2, 0.25) is 17.7 Å². The van der Waals surface area contributed by atoms with Crippen LogP contribution in [-0.2, 0) is 14.4 Å². The van der Waals surface area contributed by atoms with E-state index >= 15 is 0 Å². The Hall–Kier alpha value is -2.45. The zero-order valence-electron chi connectivity index (χ0n) is 19.2. The highest BCUT2D eigenvalue weighted by Gasteiger charge is 2.42. The van der Waals surface area contributed by atoms with Gasteiger partial charge >= 0.3 is 0 Å².